The maximum absolute atomic E-state index is 13.9. The van der Waals surface area contributed by atoms with Crippen LogP contribution in [0.4, 0.5) is 4.39 Å². The smallest absolute Gasteiger partial charge is 0.403 e. The van der Waals surface area contributed by atoms with Crippen LogP contribution in [0.25, 0.3) is 0 Å². The van der Waals surface area contributed by atoms with Crippen molar-refractivity contribution >= 4 is 21.4 Å². The van der Waals surface area contributed by atoms with Crippen molar-refractivity contribution in [3.63, 3.8) is 0 Å². The molecule has 0 spiro atoms. The van der Waals surface area contributed by atoms with Gasteiger partial charge in [-0.05, 0) is 107 Å². The maximum atomic E-state index is 13.9. The van der Waals surface area contributed by atoms with E-state index in [9.17, 15) is 4.39 Å². The highest BCUT2D eigenvalue weighted by Gasteiger charge is 2.77. The Kier molecular flexibility index (Phi) is 6.48. The minimum atomic E-state index is -1.08. The quantitative estimate of drug-likeness (QED) is 0.499. The van der Waals surface area contributed by atoms with Crippen molar-refractivity contribution in [1.82, 2.24) is 0 Å². The van der Waals surface area contributed by atoms with Crippen LogP contribution in [0.5, 0.6) is 0 Å². The van der Waals surface area contributed by atoms with Crippen molar-refractivity contribution in [3.8, 4) is 0 Å². The van der Waals surface area contributed by atoms with E-state index >= 15 is 0 Å². The molecule has 6 nitrogen and oxygen atoms in total. The van der Waals surface area contributed by atoms with Gasteiger partial charge >= 0.3 is 21.4 Å². The number of benzene rings is 1. The molecule has 0 radical (unpaired) electrons. The molecule has 1 aromatic rings. The number of hydrogen-bond donors (Lipinski definition) is 0. The monoisotopic (exact) mass is 502 g/mol. The highest BCUT2D eigenvalue weighted by atomic mass is 19.1. The summed E-state index contributed by atoms with van der Waals surface area (Å²) in [5.74, 6) is -0.300. The summed E-state index contributed by atoms with van der Waals surface area (Å²) in [6.45, 7) is 24.2. The van der Waals surface area contributed by atoms with Crippen molar-refractivity contribution in [2.45, 2.75) is 128 Å². The molecule has 0 unspecified atom stereocenters. The predicted molar refractivity (Wildman–Crippen MR) is 141 cm³/mol. The molecule has 0 bridgehead atoms. The van der Waals surface area contributed by atoms with Crippen molar-refractivity contribution in [3.05, 3.63) is 35.6 Å². The lowest BCUT2D eigenvalue weighted by Crippen LogP contribution is -2.59. The van der Waals surface area contributed by atoms with Gasteiger partial charge in [0, 0.05) is 0 Å². The summed E-state index contributed by atoms with van der Waals surface area (Å²) in [6.07, 6.45) is 0.359. The summed E-state index contributed by atoms with van der Waals surface area (Å²) in [5, 5.41) is -1.08. The van der Waals surface area contributed by atoms with E-state index in [1.807, 2.05) is 83.1 Å². The van der Waals surface area contributed by atoms with E-state index < -0.39 is 60.1 Å². The van der Waals surface area contributed by atoms with E-state index in [0.29, 0.717) is 6.42 Å². The van der Waals surface area contributed by atoms with Crippen molar-refractivity contribution in [2.75, 3.05) is 0 Å². The number of rotatable bonds is 5. The fraction of sp³-hybridized carbons (Fsp3) is 0.769. The highest BCUT2D eigenvalue weighted by molar-refractivity contribution is 6.89. The molecule has 4 rings (SSSR count). The first-order valence-corrected chi connectivity index (χ1v) is 13.0. The summed E-state index contributed by atoms with van der Waals surface area (Å²) in [5.41, 5.74) is -2.80. The van der Waals surface area contributed by atoms with Crippen LogP contribution < -0.4 is 0 Å². The van der Waals surface area contributed by atoms with Crippen LogP contribution in [-0.4, -0.2) is 55.0 Å². The molecule has 0 atom stereocenters. The van der Waals surface area contributed by atoms with E-state index in [2.05, 4.69) is 0 Å². The van der Waals surface area contributed by atoms with Gasteiger partial charge in [0.25, 0.3) is 0 Å². The van der Waals surface area contributed by atoms with Crippen LogP contribution >= 0.6 is 0 Å². The van der Waals surface area contributed by atoms with Gasteiger partial charge in [0.05, 0.1) is 38.7 Å². The van der Waals surface area contributed by atoms with Crippen LogP contribution in [-0.2, 0) is 34.3 Å². The zero-order chi connectivity index (χ0) is 27.2. The summed E-state index contributed by atoms with van der Waals surface area (Å²) in [7, 11) is -2.38. The summed E-state index contributed by atoms with van der Waals surface area (Å²) >= 11 is 0. The fourth-order valence-electron chi connectivity index (χ4n) is 4.73. The second kappa shape index (κ2) is 8.30. The molecule has 36 heavy (non-hydrogen) atoms. The Labute approximate surface area is 217 Å². The Hall–Kier alpha value is -0.895. The molecule has 10 heteroatoms. The second-order valence-corrected chi connectivity index (χ2v) is 13.7. The minimum absolute atomic E-state index is 0.300. The third kappa shape index (κ3) is 4.30. The summed E-state index contributed by atoms with van der Waals surface area (Å²) in [4.78, 5) is 0. The topological polar surface area (TPSA) is 55.4 Å². The van der Waals surface area contributed by atoms with Gasteiger partial charge in [0.15, 0.2) is 0 Å². The number of hydrogen-bond acceptors (Lipinski definition) is 6. The lowest BCUT2D eigenvalue weighted by molar-refractivity contribution is 0.00578. The molecule has 3 fully saturated rings. The Bertz CT molecular complexity index is 856. The molecule has 0 aliphatic carbocycles. The van der Waals surface area contributed by atoms with Crippen LogP contribution in [0.15, 0.2) is 24.3 Å². The van der Waals surface area contributed by atoms with Crippen LogP contribution in [0, 0.1) is 5.82 Å². The third-order valence-corrected chi connectivity index (χ3v) is 9.50. The van der Waals surface area contributed by atoms with Crippen molar-refractivity contribution in [1.29, 1.82) is 0 Å². The van der Waals surface area contributed by atoms with E-state index in [4.69, 9.17) is 27.9 Å². The van der Waals surface area contributed by atoms with Crippen LogP contribution in [0.3, 0.4) is 0 Å². The number of halogens is 1. The highest BCUT2D eigenvalue weighted by Crippen LogP contribution is 2.57. The van der Waals surface area contributed by atoms with Crippen molar-refractivity contribution < 1.29 is 32.3 Å². The average Bonchev–Trinajstić information content (AvgIpc) is 3.16. The van der Waals surface area contributed by atoms with Gasteiger partial charge in [-0.2, -0.15) is 0 Å². The molecule has 3 aliphatic rings. The largest absolute Gasteiger partial charge is 0.460 e. The van der Waals surface area contributed by atoms with Gasteiger partial charge in [-0.1, -0.05) is 12.1 Å². The zero-order valence-electron chi connectivity index (χ0n) is 24.1. The van der Waals surface area contributed by atoms with Gasteiger partial charge in [0.1, 0.15) is 5.82 Å². The Morgan fingerprint density at radius 3 is 1.03 bits per heavy atom. The van der Waals surface area contributed by atoms with Gasteiger partial charge in [-0.15, -0.1) is 0 Å². The molecule has 3 aliphatic heterocycles. The predicted octanol–water partition coefficient (Wildman–Crippen LogP) is 5.46. The molecule has 3 heterocycles. The minimum Gasteiger partial charge on any atom is -0.403 e. The van der Waals surface area contributed by atoms with E-state index in [1.54, 1.807) is 12.1 Å². The van der Waals surface area contributed by atoms with Gasteiger partial charge in [-0.3, -0.25) is 0 Å². The lowest BCUT2D eigenvalue weighted by Gasteiger charge is -2.38. The molecule has 3 saturated heterocycles. The summed E-state index contributed by atoms with van der Waals surface area (Å²) in [6, 6.07) is 6.45. The van der Waals surface area contributed by atoms with Gasteiger partial charge in [0.2, 0.25) is 0 Å². The first kappa shape index (κ1) is 28.1. The van der Waals surface area contributed by atoms with E-state index in [0.717, 1.165) is 5.56 Å². The molecule has 0 N–H and O–H groups in total. The second-order valence-electron chi connectivity index (χ2n) is 13.7. The Morgan fingerprint density at radius 1 is 0.528 bits per heavy atom. The van der Waals surface area contributed by atoms with Crippen molar-refractivity contribution in [2.24, 2.45) is 0 Å². The standard InChI is InChI=1S/C26H42B3FO6/c1-20(2)21(3,4)32-27(31-20)26(17-18-13-15-19(30)16-14-18,28-33-22(5,6)23(7,8)34-28)29-35-24(9,10)25(11,12)36-29/h13-16H,17H2,1-12H3. The molecular weight excluding hydrogens is 460 g/mol. The first-order valence-electron chi connectivity index (χ1n) is 13.0. The van der Waals surface area contributed by atoms with Crippen LogP contribution in [0.2, 0.25) is 5.11 Å². The SMILES string of the molecule is CC1(C)OB(C(Cc2ccc(F)cc2)(B2OC(C)(C)C(C)(C)O2)B2OC(C)(C)C(C)(C)O2)OC1(C)C. The van der Waals surface area contributed by atoms with Gasteiger partial charge < -0.3 is 27.9 Å². The Morgan fingerprint density at radius 2 is 0.778 bits per heavy atom. The van der Waals surface area contributed by atoms with E-state index in [-0.39, 0.29) is 5.82 Å². The molecule has 0 amide bonds. The van der Waals surface area contributed by atoms with Crippen LogP contribution in [0.1, 0.15) is 88.6 Å². The molecule has 0 saturated carbocycles. The normalized spacial score (nSPS) is 27.6. The van der Waals surface area contributed by atoms with E-state index in [1.165, 1.54) is 12.1 Å². The fourth-order valence-corrected chi connectivity index (χ4v) is 4.73. The third-order valence-electron chi connectivity index (χ3n) is 9.50. The van der Waals surface area contributed by atoms with Gasteiger partial charge in [-0.25, -0.2) is 4.39 Å². The lowest BCUT2D eigenvalue weighted by atomic mass is 9.23. The molecule has 198 valence electrons. The molecule has 0 aromatic heterocycles. The Balaban J connectivity index is 1.91. The zero-order valence-corrected chi connectivity index (χ0v) is 24.1. The average molecular weight is 502 g/mol. The molecular formula is C26H42B3FO6. The molecule has 1 aromatic carbocycles. The maximum Gasteiger partial charge on any atom is 0.460 e. The first-order chi connectivity index (χ1) is 16.2. The summed E-state index contributed by atoms with van der Waals surface area (Å²) < 4.78 is 54.1.